The summed E-state index contributed by atoms with van der Waals surface area (Å²) >= 11 is 0. The number of ether oxygens (including phenoxy) is 1. The highest BCUT2D eigenvalue weighted by atomic mass is 16.5. The third-order valence-corrected chi connectivity index (χ3v) is 7.49. The number of phenolic OH excluding ortho intramolecular Hbond substituents is 1. The maximum atomic E-state index is 13.6. The van der Waals surface area contributed by atoms with Gasteiger partial charge in [-0.1, -0.05) is 60.7 Å². The molecular weight excluding hydrogens is 542 g/mol. The first-order chi connectivity index (χ1) is 20.7. The molecule has 216 valence electrons. The molecule has 0 spiro atoms. The molecule has 43 heavy (non-hydrogen) atoms. The highest BCUT2D eigenvalue weighted by molar-refractivity contribution is 6.02. The molecule has 0 fully saturated rings. The van der Waals surface area contributed by atoms with Gasteiger partial charge in [0.2, 0.25) is 0 Å². The zero-order valence-corrected chi connectivity index (χ0v) is 24.4. The molecule has 0 saturated heterocycles. The van der Waals surface area contributed by atoms with E-state index < -0.39 is 5.97 Å². The van der Waals surface area contributed by atoms with Crippen LogP contribution in [0, 0.1) is 13.8 Å². The number of amides is 1. The highest BCUT2D eigenvalue weighted by Crippen LogP contribution is 2.32. The Morgan fingerprint density at radius 3 is 1.81 bits per heavy atom. The Balaban J connectivity index is 1.41. The first kappa shape index (κ1) is 27.7. The number of fused-ring (bicyclic) bond motifs is 2. The normalized spacial score (nSPS) is 11.3. The van der Waals surface area contributed by atoms with Crippen LogP contribution in [0.15, 0.2) is 84.9 Å². The quantitative estimate of drug-likeness (QED) is 0.193. The van der Waals surface area contributed by atoms with Gasteiger partial charge in [-0.3, -0.25) is 4.79 Å². The molecule has 1 amide bonds. The molecule has 0 saturated carbocycles. The average molecular weight is 574 g/mol. The second-order valence-corrected chi connectivity index (χ2v) is 10.8. The third kappa shape index (κ3) is 5.32. The fraction of sp³-hybridized carbons (Fsp3) is 0.176. The van der Waals surface area contributed by atoms with E-state index in [2.05, 4.69) is 4.98 Å². The van der Waals surface area contributed by atoms with Crippen LogP contribution >= 0.6 is 0 Å². The minimum Gasteiger partial charge on any atom is -0.506 e. The molecule has 2 aromatic heterocycles. The van der Waals surface area contributed by atoms with Gasteiger partial charge in [0.25, 0.3) is 5.91 Å². The summed E-state index contributed by atoms with van der Waals surface area (Å²) in [4.78, 5) is 37.4. The monoisotopic (exact) mass is 573 g/mol. The number of aryl methyl sites for hydroxylation is 2. The van der Waals surface area contributed by atoms with Gasteiger partial charge in [-0.05, 0) is 49.2 Å². The summed E-state index contributed by atoms with van der Waals surface area (Å²) in [6, 6.07) is 26.2. The Kier molecular flexibility index (Phi) is 7.15. The number of nitrogens with zero attached hydrogens (tertiary/aromatic N) is 5. The molecule has 1 N–H and O–H groups in total. The van der Waals surface area contributed by atoms with Crippen molar-refractivity contribution in [2.24, 2.45) is 0 Å². The number of benzene rings is 4. The Morgan fingerprint density at radius 1 is 0.744 bits per heavy atom. The van der Waals surface area contributed by atoms with Crippen LogP contribution in [-0.2, 0) is 13.1 Å². The van der Waals surface area contributed by atoms with Gasteiger partial charge < -0.3 is 23.9 Å². The molecule has 0 aliphatic carbocycles. The van der Waals surface area contributed by atoms with Gasteiger partial charge in [-0.15, -0.1) is 0 Å². The molecule has 0 aliphatic heterocycles. The summed E-state index contributed by atoms with van der Waals surface area (Å²) in [5.41, 5.74) is 4.79. The Bertz CT molecular complexity index is 1990. The zero-order valence-electron chi connectivity index (χ0n) is 24.4. The molecule has 0 aliphatic rings. The van der Waals surface area contributed by atoms with Crippen molar-refractivity contribution in [3.05, 3.63) is 119 Å². The molecule has 0 bridgehead atoms. The Morgan fingerprint density at radius 2 is 1.26 bits per heavy atom. The molecule has 4 aromatic carbocycles. The maximum Gasteiger partial charge on any atom is 0.343 e. The van der Waals surface area contributed by atoms with Crippen molar-refractivity contribution in [2.75, 3.05) is 14.1 Å². The van der Waals surface area contributed by atoms with Crippen LogP contribution in [0.4, 0.5) is 0 Å². The van der Waals surface area contributed by atoms with Gasteiger partial charge in [-0.25, -0.2) is 14.8 Å². The van der Waals surface area contributed by atoms with Crippen LogP contribution in [0.2, 0.25) is 0 Å². The molecule has 9 nitrogen and oxygen atoms in total. The van der Waals surface area contributed by atoms with Crippen LogP contribution in [0.1, 0.15) is 43.5 Å². The number of hydrogen-bond donors (Lipinski definition) is 1. The number of phenols is 1. The predicted octanol–water partition coefficient (Wildman–Crippen LogP) is 5.73. The predicted molar refractivity (Wildman–Crippen MR) is 165 cm³/mol. The van der Waals surface area contributed by atoms with Gasteiger partial charge in [0.1, 0.15) is 28.4 Å². The first-order valence-electron chi connectivity index (χ1n) is 13.9. The smallest absolute Gasteiger partial charge is 0.343 e. The lowest BCUT2D eigenvalue weighted by Gasteiger charge is -2.14. The summed E-state index contributed by atoms with van der Waals surface area (Å²) in [7, 11) is 3.34. The number of esters is 1. The van der Waals surface area contributed by atoms with E-state index in [9.17, 15) is 14.7 Å². The van der Waals surface area contributed by atoms with Crippen molar-refractivity contribution in [3.63, 3.8) is 0 Å². The lowest BCUT2D eigenvalue weighted by Crippen LogP contribution is -2.22. The van der Waals surface area contributed by atoms with E-state index in [1.165, 1.54) is 11.0 Å². The van der Waals surface area contributed by atoms with Crippen molar-refractivity contribution in [1.82, 2.24) is 24.0 Å². The van der Waals surface area contributed by atoms with Crippen LogP contribution < -0.4 is 4.74 Å². The standard InChI is InChI=1S/C34H31N5O4/c1-21-35-31-27(38(21)19-23-11-7-5-8-12-23)16-26(17-29(31)40)34(42)43-30-18-25(33(41)37(3)4)15-28-32(30)36-22(2)39(28)20-24-13-9-6-10-14-24/h5-18,40H,19-20H2,1-4H3. The molecule has 9 heteroatoms. The number of rotatable bonds is 7. The molecule has 2 heterocycles. The third-order valence-electron chi connectivity index (χ3n) is 7.49. The largest absolute Gasteiger partial charge is 0.506 e. The van der Waals surface area contributed by atoms with E-state index in [0.717, 1.165) is 11.1 Å². The minimum absolute atomic E-state index is 0.121. The van der Waals surface area contributed by atoms with Crippen LogP contribution in [0.25, 0.3) is 22.1 Å². The fourth-order valence-electron chi connectivity index (χ4n) is 5.30. The van der Waals surface area contributed by atoms with Crippen molar-refractivity contribution in [3.8, 4) is 11.5 Å². The molecular formula is C34H31N5O4. The lowest BCUT2D eigenvalue weighted by molar-refractivity contribution is 0.0733. The lowest BCUT2D eigenvalue weighted by atomic mass is 10.1. The van der Waals surface area contributed by atoms with Crippen molar-refractivity contribution >= 4 is 33.9 Å². The van der Waals surface area contributed by atoms with Crippen LogP contribution in [0.5, 0.6) is 11.5 Å². The number of hydrogen-bond acceptors (Lipinski definition) is 6. The van der Waals surface area contributed by atoms with E-state index in [1.54, 1.807) is 32.3 Å². The summed E-state index contributed by atoms with van der Waals surface area (Å²) in [5, 5.41) is 10.9. The summed E-state index contributed by atoms with van der Waals surface area (Å²) in [6.45, 7) is 4.79. The summed E-state index contributed by atoms with van der Waals surface area (Å²) in [5.74, 6) is 0.540. The maximum absolute atomic E-state index is 13.6. The van der Waals surface area contributed by atoms with Crippen LogP contribution in [0.3, 0.4) is 0 Å². The second-order valence-electron chi connectivity index (χ2n) is 10.8. The Hall–Kier alpha value is -5.44. The number of carbonyl (C=O) groups is 2. The SMILES string of the molecule is Cc1nc2c(O)cc(C(=O)Oc3cc(C(=O)N(C)C)cc4c3nc(C)n4Cc3ccccc3)cc2n1Cc1ccccc1. The van der Waals surface area contributed by atoms with E-state index >= 15 is 0 Å². The van der Waals surface area contributed by atoms with Gasteiger partial charge in [0.05, 0.1) is 16.6 Å². The molecule has 0 atom stereocenters. The number of imidazole rings is 2. The van der Waals surface area contributed by atoms with Crippen LogP contribution in [-0.4, -0.2) is 55.1 Å². The molecule has 6 rings (SSSR count). The molecule has 0 radical (unpaired) electrons. The van der Waals surface area contributed by atoms with E-state index in [1.807, 2.05) is 83.6 Å². The molecule has 6 aromatic rings. The van der Waals surface area contributed by atoms with E-state index in [0.29, 0.717) is 52.4 Å². The van der Waals surface area contributed by atoms with E-state index in [4.69, 9.17) is 9.72 Å². The number of aromatic hydroxyl groups is 1. The van der Waals surface area contributed by atoms with Crippen molar-refractivity contribution in [1.29, 1.82) is 0 Å². The number of aromatic nitrogens is 4. The fourth-order valence-corrected chi connectivity index (χ4v) is 5.30. The number of carbonyl (C=O) groups excluding carboxylic acids is 2. The first-order valence-corrected chi connectivity index (χ1v) is 13.9. The average Bonchev–Trinajstić information content (AvgIpc) is 3.49. The van der Waals surface area contributed by atoms with Crippen molar-refractivity contribution < 1.29 is 19.4 Å². The van der Waals surface area contributed by atoms with Gasteiger partial charge in [0.15, 0.2) is 5.75 Å². The topological polar surface area (TPSA) is 102 Å². The van der Waals surface area contributed by atoms with Gasteiger partial charge in [-0.2, -0.15) is 0 Å². The molecule has 0 unspecified atom stereocenters. The highest BCUT2D eigenvalue weighted by Gasteiger charge is 2.22. The minimum atomic E-state index is -0.687. The van der Waals surface area contributed by atoms with Crippen molar-refractivity contribution in [2.45, 2.75) is 26.9 Å². The second kappa shape index (κ2) is 11.1. The Labute approximate surface area is 248 Å². The zero-order chi connectivity index (χ0) is 30.2. The van der Waals surface area contributed by atoms with Gasteiger partial charge >= 0.3 is 5.97 Å². The van der Waals surface area contributed by atoms with E-state index in [-0.39, 0.29) is 23.0 Å². The van der Waals surface area contributed by atoms with Gasteiger partial charge in [0, 0.05) is 32.7 Å². The summed E-state index contributed by atoms with van der Waals surface area (Å²) < 4.78 is 9.89. The summed E-state index contributed by atoms with van der Waals surface area (Å²) in [6.07, 6.45) is 0.